The molecule has 0 saturated heterocycles. The number of halogens is 1. The summed E-state index contributed by atoms with van der Waals surface area (Å²) in [6, 6.07) is 7.84. The van der Waals surface area contributed by atoms with Gasteiger partial charge in [-0.2, -0.15) is 15.3 Å². The van der Waals surface area contributed by atoms with Crippen LogP contribution in [0, 0.1) is 0 Å². The molecule has 1 aromatic carbocycles. The van der Waals surface area contributed by atoms with Gasteiger partial charge in [-0.25, -0.2) is 0 Å². The molecule has 1 atom stereocenters. The first kappa shape index (κ1) is 16.4. The van der Waals surface area contributed by atoms with Crippen LogP contribution in [0.5, 0.6) is 0 Å². The Bertz CT molecular complexity index is 810. The van der Waals surface area contributed by atoms with Gasteiger partial charge in [0.1, 0.15) is 0 Å². The highest BCUT2D eigenvalue weighted by molar-refractivity contribution is 6.31. The van der Waals surface area contributed by atoms with Crippen LogP contribution in [0.3, 0.4) is 0 Å². The minimum atomic E-state index is -0.0658. The molecule has 0 fully saturated rings. The van der Waals surface area contributed by atoms with Gasteiger partial charge in [0.25, 0.3) is 0 Å². The number of aryl methyl sites for hydroxylation is 1. The molecule has 124 valence electrons. The van der Waals surface area contributed by atoms with Gasteiger partial charge in [-0.15, -0.1) is 5.10 Å². The monoisotopic (exact) mass is 342 g/mol. The number of hydrogen-bond acceptors (Lipinski definition) is 4. The second kappa shape index (κ2) is 6.97. The van der Waals surface area contributed by atoms with E-state index in [9.17, 15) is 0 Å². The first-order chi connectivity index (χ1) is 11.6. The predicted molar refractivity (Wildman–Crippen MR) is 96.3 cm³/mol. The molecule has 0 aliphatic heterocycles. The summed E-state index contributed by atoms with van der Waals surface area (Å²) >= 11 is 6.37. The molecule has 0 spiro atoms. The van der Waals surface area contributed by atoms with Crippen molar-refractivity contribution in [3.05, 3.63) is 57.9 Å². The Morgan fingerprint density at radius 1 is 1.29 bits per heavy atom. The van der Waals surface area contributed by atoms with E-state index < -0.39 is 0 Å². The van der Waals surface area contributed by atoms with Crippen LogP contribution in [-0.4, -0.2) is 21.9 Å². The number of benzene rings is 1. The number of hydrogen-bond donors (Lipinski definition) is 2. The lowest BCUT2D eigenvalue weighted by molar-refractivity contribution is 0.664. The topological polar surface area (TPSA) is 103 Å². The summed E-state index contributed by atoms with van der Waals surface area (Å²) in [5.41, 5.74) is 15.8. The fourth-order valence-electron chi connectivity index (χ4n) is 3.11. The minimum absolute atomic E-state index is 0.0658. The quantitative estimate of drug-likeness (QED) is 0.508. The zero-order valence-corrected chi connectivity index (χ0v) is 14.2. The highest BCUT2D eigenvalue weighted by Gasteiger charge is 2.29. The summed E-state index contributed by atoms with van der Waals surface area (Å²) in [6.45, 7) is 2.08. The van der Waals surface area contributed by atoms with E-state index in [0.717, 1.165) is 46.0 Å². The third kappa shape index (κ3) is 3.23. The first-order valence-corrected chi connectivity index (χ1v) is 8.21. The van der Waals surface area contributed by atoms with Crippen LogP contribution < -0.4 is 11.5 Å². The van der Waals surface area contributed by atoms with Crippen molar-refractivity contribution in [2.24, 2.45) is 21.7 Å². The summed E-state index contributed by atoms with van der Waals surface area (Å²) in [5.74, 6) is 0.101. The van der Waals surface area contributed by atoms with Crippen molar-refractivity contribution in [2.75, 3.05) is 0 Å². The standard InChI is InChI=1S/C17H19ClN6/c1-2-10-9-21-22-14-7-11(12-5-3-4-6-13(12)18)8-15(16(10)14)23-24-17(19)20/h3-6,9,11H,2,7-8H2,1H3,(H4,19,20,24). The Morgan fingerprint density at radius 2 is 2.08 bits per heavy atom. The SMILES string of the molecule is CCc1cnnc2c1C(=NN=C(N)N)CC(c1ccccc1Cl)C2. The van der Waals surface area contributed by atoms with Gasteiger partial charge in [-0.3, -0.25) is 0 Å². The number of nitrogens with two attached hydrogens (primary N) is 2. The molecule has 0 saturated carbocycles. The molecule has 1 heterocycles. The van der Waals surface area contributed by atoms with Gasteiger partial charge in [0.15, 0.2) is 0 Å². The second-order valence-electron chi connectivity index (χ2n) is 5.74. The molecular formula is C17H19ClN6. The van der Waals surface area contributed by atoms with Gasteiger partial charge in [-0.1, -0.05) is 36.7 Å². The smallest absolute Gasteiger partial charge is 0.211 e. The summed E-state index contributed by atoms with van der Waals surface area (Å²) < 4.78 is 0. The van der Waals surface area contributed by atoms with E-state index in [1.807, 2.05) is 24.3 Å². The Balaban J connectivity index is 2.10. The summed E-state index contributed by atoms with van der Waals surface area (Å²) in [7, 11) is 0. The molecule has 0 radical (unpaired) electrons. The molecule has 1 aliphatic rings. The average Bonchev–Trinajstić information content (AvgIpc) is 2.59. The molecule has 3 rings (SSSR count). The van der Waals surface area contributed by atoms with Gasteiger partial charge < -0.3 is 11.5 Å². The van der Waals surface area contributed by atoms with Crippen LogP contribution in [0.1, 0.15) is 41.6 Å². The van der Waals surface area contributed by atoms with E-state index in [0.29, 0.717) is 6.42 Å². The highest BCUT2D eigenvalue weighted by Crippen LogP contribution is 2.36. The zero-order chi connectivity index (χ0) is 17.1. The molecule has 0 bridgehead atoms. The lowest BCUT2D eigenvalue weighted by Crippen LogP contribution is -2.25. The van der Waals surface area contributed by atoms with Crippen molar-refractivity contribution in [1.29, 1.82) is 0 Å². The molecule has 1 aromatic heterocycles. The first-order valence-electron chi connectivity index (χ1n) is 7.83. The molecule has 1 aliphatic carbocycles. The molecule has 2 aromatic rings. The van der Waals surface area contributed by atoms with E-state index in [-0.39, 0.29) is 11.9 Å². The molecule has 7 heteroatoms. The van der Waals surface area contributed by atoms with E-state index in [1.165, 1.54) is 0 Å². The molecule has 0 amide bonds. The number of nitrogens with zero attached hydrogens (tertiary/aromatic N) is 4. The molecule has 4 N–H and O–H groups in total. The third-order valence-corrected chi connectivity index (χ3v) is 4.53. The van der Waals surface area contributed by atoms with Gasteiger partial charge in [0, 0.05) is 10.6 Å². The van der Waals surface area contributed by atoms with Crippen LogP contribution in [-0.2, 0) is 12.8 Å². The van der Waals surface area contributed by atoms with Gasteiger partial charge in [-0.05, 0) is 42.4 Å². The van der Waals surface area contributed by atoms with Crippen molar-refractivity contribution < 1.29 is 0 Å². The maximum atomic E-state index is 6.37. The minimum Gasteiger partial charge on any atom is -0.369 e. The summed E-state index contributed by atoms with van der Waals surface area (Å²) in [6.07, 6.45) is 4.09. The number of guanidine groups is 1. The van der Waals surface area contributed by atoms with Crippen LogP contribution in [0.25, 0.3) is 0 Å². The van der Waals surface area contributed by atoms with Crippen LogP contribution >= 0.6 is 11.6 Å². The van der Waals surface area contributed by atoms with Crippen LogP contribution in [0.2, 0.25) is 5.02 Å². The van der Waals surface area contributed by atoms with Crippen LogP contribution in [0.15, 0.2) is 40.7 Å². The van der Waals surface area contributed by atoms with E-state index in [4.69, 9.17) is 23.1 Å². The zero-order valence-electron chi connectivity index (χ0n) is 13.4. The molecular weight excluding hydrogens is 324 g/mol. The number of fused-ring (bicyclic) bond motifs is 1. The van der Waals surface area contributed by atoms with Crippen molar-refractivity contribution in [3.8, 4) is 0 Å². The van der Waals surface area contributed by atoms with E-state index >= 15 is 0 Å². The van der Waals surface area contributed by atoms with Crippen molar-refractivity contribution in [1.82, 2.24) is 10.2 Å². The van der Waals surface area contributed by atoms with Gasteiger partial charge >= 0.3 is 0 Å². The second-order valence-corrected chi connectivity index (χ2v) is 6.15. The summed E-state index contributed by atoms with van der Waals surface area (Å²) in [4.78, 5) is 0. The fraction of sp³-hybridized carbons (Fsp3) is 0.294. The van der Waals surface area contributed by atoms with Crippen molar-refractivity contribution in [3.63, 3.8) is 0 Å². The Labute approximate surface area is 145 Å². The third-order valence-electron chi connectivity index (χ3n) is 4.18. The van der Waals surface area contributed by atoms with Gasteiger partial charge in [0.2, 0.25) is 5.96 Å². The lowest BCUT2D eigenvalue weighted by atomic mass is 9.80. The highest BCUT2D eigenvalue weighted by atomic mass is 35.5. The molecule has 24 heavy (non-hydrogen) atoms. The lowest BCUT2D eigenvalue weighted by Gasteiger charge is -2.26. The van der Waals surface area contributed by atoms with E-state index in [2.05, 4.69) is 27.3 Å². The molecule has 1 unspecified atom stereocenters. The average molecular weight is 343 g/mol. The van der Waals surface area contributed by atoms with Crippen molar-refractivity contribution in [2.45, 2.75) is 32.1 Å². The maximum Gasteiger partial charge on any atom is 0.211 e. The Hall–Kier alpha value is -2.47. The maximum absolute atomic E-state index is 6.37. The van der Waals surface area contributed by atoms with E-state index in [1.54, 1.807) is 6.20 Å². The van der Waals surface area contributed by atoms with Gasteiger partial charge in [0.05, 0.1) is 17.6 Å². The van der Waals surface area contributed by atoms with Crippen molar-refractivity contribution >= 4 is 23.3 Å². The molecule has 6 nitrogen and oxygen atoms in total. The summed E-state index contributed by atoms with van der Waals surface area (Å²) in [5, 5.41) is 17.3. The largest absolute Gasteiger partial charge is 0.369 e. The Morgan fingerprint density at radius 3 is 2.79 bits per heavy atom. The fourth-order valence-corrected chi connectivity index (χ4v) is 3.40. The predicted octanol–water partition coefficient (Wildman–Crippen LogP) is 2.40. The van der Waals surface area contributed by atoms with Crippen LogP contribution in [0.4, 0.5) is 0 Å². The number of rotatable bonds is 3. The normalized spacial score (nSPS) is 18.2. The number of aromatic nitrogens is 2. The Kier molecular flexibility index (Phi) is 4.76.